The van der Waals surface area contributed by atoms with Crippen molar-refractivity contribution in [3.8, 4) is 0 Å². The van der Waals surface area contributed by atoms with Crippen LogP contribution >= 0.6 is 11.3 Å². The molecule has 58 valence electrons. The van der Waals surface area contributed by atoms with Gasteiger partial charge in [-0.05, 0) is 0 Å². The van der Waals surface area contributed by atoms with Crippen molar-refractivity contribution in [2.45, 2.75) is 0 Å². The van der Waals surface area contributed by atoms with Gasteiger partial charge in [-0.3, -0.25) is 4.79 Å². The minimum absolute atomic E-state index is 0.113. The number of nitrogen functional groups attached to an aromatic ring is 1. The van der Waals surface area contributed by atoms with E-state index in [1.54, 1.807) is 5.38 Å². The average Bonchev–Trinajstić information content (AvgIpc) is 2.39. The van der Waals surface area contributed by atoms with Gasteiger partial charge in [-0.25, -0.2) is 4.98 Å². The average molecular weight is 171 g/mol. The number of thiazole rings is 1. The molecule has 0 fully saturated rings. The number of nitrogens with two attached hydrogens (primary N) is 1. The van der Waals surface area contributed by atoms with Crippen LogP contribution in [0.4, 0.5) is 5.13 Å². The lowest BCUT2D eigenvalue weighted by molar-refractivity contribution is -0.102. The fourth-order valence-corrected chi connectivity index (χ4v) is 1.10. The largest absolute Gasteiger partial charge is 0.410 e. The van der Waals surface area contributed by atoms with Gasteiger partial charge >= 0.3 is 0 Å². The normalized spacial score (nSPS) is 11.5. The second kappa shape index (κ2) is 3.11. The van der Waals surface area contributed by atoms with E-state index in [0.717, 1.165) is 0 Å². The Morgan fingerprint density at radius 1 is 1.91 bits per heavy atom. The third kappa shape index (κ3) is 1.53. The maximum absolute atomic E-state index is 10.2. The molecular weight excluding hydrogens is 166 g/mol. The molecule has 0 saturated heterocycles. The van der Waals surface area contributed by atoms with Crippen LogP contribution in [-0.2, 0) is 4.79 Å². The second-order valence-corrected chi connectivity index (χ2v) is 2.56. The summed E-state index contributed by atoms with van der Waals surface area (Å²) in [5.74, 6) is 0. The molecule has 0 atom stereocenters. The minimum atomic E-state index is -0.113. The van der Waals surface area contributed by atoms with Gasteiger partial charge < -0.3 is 10.9 Å². The summed E-state index contributed by atoms with van der Waals surface area (Å²) in [6.07, 6.45) is 0.411. The van der Waals surface area contributed by atoms with Crippen molar-refractivity contribution < 1.29 is 10.0 Å². The van der Waals surface area contributed by atoms with E-state index in [1.165, 1.54) is 11.3 Å². The Labute approximate surface area is 66.2 Å². The molecule has 0 bridgehead atoms. The lowest BCUT2D eigenvalue weighted by Gasteiger charge is -1.85. The van der Waals surface area contributed by atoms with Crippen LogP contribution in [0.3, 0.4) is 0 Å². The molecule has 3 N–H and O–H groups in total. The molecule has 1 heterocycles. The third-order valence-electron chi connectivity index (χ3n) is 1.00. The van der Waals surface area contributed by atoms with Crippen molar-refractivity contribution in [2.75, 3.05) is 5.73 Å². The van der Waals surface area contributed by atoms with Gasteiger partial charge in [0.25, 0.3) is 0 Å². The smallest absolute Gasteiger partial charge is 0.180 e. The number of hydrogen-bond donors (Lipinski definition) is 2. The molecule has 0 aliphatic carbocycles. The molecule has 0 radical (unpaired) electrons. The molecule has 0 aromatic carbocycles. The van der Waals surface area contributed by atoms with Crippen LogP contribution in [0.5, 0.6) is 0 Å². The predicted molar refractivity (Wildman–Crippen MR) is 40.9 cm³/mol. The van der Waals surface area contributed by atoms with Gasteiger partial charge in [-0.2, -0.15) is 0 Å². The summed E-state index contributed by atoms with van der Waals surface area (Å²) in [7, 11) is 0. The van der Waals surface area contributed by atoms with E-state index in [-0.39, 0.29) is 5.71 Å². The van der Waals surface area contributed by atoms with Crippen LogP contribution in [0.25, 0.3) is 0 Å². The summed E-state index contributed by atoms with van der Waals surface area (Å²) in [6.45, 7) is 0. The molecule has 0 amide bonds. The van der Waals surface area contributed by atoms with Gasteiger partial charge in [0.1, 0.15) is 5.69 Å². The van der Waals surface area contributed by atoms with Gasteiger partial charge in [0.05, 0.1) is 0 Å². The molecule has 1 rings (SSSR count). The van der Waals surface area contributed by atoms with Crippen LogP contribution in [-0.4, -0.2) is 22.2 Å². The molecule has 1 aromatic rings. The van der Waals surface area contributed by atoms with E-state index in [4.69, 9.17) is 10.9 Å². The Morgan fingerprint density at radius 3 is 3.00 bits per heavy atom. The van der Waals surface area contributed by atoms with Crippen molar-refractivity contribution in [1.82, 2.24) is 4.98 Å². The zero-order chi connectivity index (χ0) is 8.27. The molecule has 6 heteroatoms. The summed E-state index contributed by atoms with van der Waals surface area (Å²) < 4.78 is 0. The van der Waals surface area contributed by atoms with Gasteiger partial charge in [0.15, 0.2) is 17.1 Å². The Hall–Kier alpha value is -1.43. The zero-order valence-electron chi connectivity index (χ0n) is 5.39. The van der Waals surface area contributed by atoms with E-state index >= 15 is 0 Å². The summed E-state index contributed by atoms with van der Waals surface area (Å²) in [6, 6.07) is 0. The summed E-state index contributed by atoms with van der Waals surface area (Å²) >= 11 is 1.18. The standard InChI is InChI=1S/C5H5N3O2S/c6-5-7-4(2-11-5)3(1-9)8-10/h1-2,10H,(H2,6,7). The number of nitrogens with zero attached hydrogens (tertiary/aromatic N) is 2. The number of hydrogen-bond acceptors (Lipinski definition) is 6. The number of oxime groups is 1. The first kappa shape index (κ1) is 7.67. The van der Waals surface area contributed by atoms with Crippen LogP contribution < -0.4 is 5.73 Å². The van der Waals surface area contributed by atoms with Crippen LogP contribution in [0.15, 0.2) is 10.5 Å². The molecule has 1 aromatic heterocycles. The number of aldehydes is 1. The lowest BCUT2D eigenvalue weighted by Crippen LogP contribution is -2.02. The van der Waals surface area contributed by atoms with Crippen molar-refractivity contribution in [3.63, 3.8) is 0 Å². The zero-order valence-corrected chi connectivity index (χ0v) is 6.21. The number of aromatic nitrogens is 1. The Bertz CT molecular complexity index is 294. The Kier molecular flexibility index (Phi) is 2.17. The highest BCUT2D eigenvalue weighted by atomic mass is 32.1. The molecule has 0 aliphatic heterocycles. The molecule has 0 spiro atoms. The SMILES string of the molecule is Nc1nc(C(C=O)=NO)cs1. The van der Waals surface area contributed by atoms with E-state index in [9.17, 15) is 4.79 Å². The lowest BCUT2D eigenvalue weighted by atomic mass is 10.3. The number of carbonyl (C=O) groups excluding carboxylic acids is 1. The van der Waals surface area contributed by atoms with Gasteiger partial charge in [-0.15, -0.1) is 11.3 Å². The molecule has 0 unspecified atom stereocenters. The van der Waals surface area contributed by atoms with Crippen LogP contribution in [0.2, 0.25) is 0 Å². The van der Waals surface area contributed by atoms with Crippen molar-refractivity contribution >= 4 is 28.5 Å². The first-order chi connectivity index (χ1) is 5.27. The maximum Gasteiger partial charge on any atom is 0.180 e. The van der Waals surface area contributed by atoms with E-state index in [2.05, 4.69) is 10.1 Å². The highest BCUT2D eigenvalue weighted by Gasteiger charge is 2.05. The number of carbonyl (C=O) groups is 1. The molecule has 0 saturated carbocycles. The van der Waals surface area contributed by atoms with Crippen molar-refractivity contribution in [3.05, 3.63) is 11.1 Å². The summed E-state index contributed by atoms with van der Waals surface area (Å²) in [5, 5.41) is 12.9. The van der Waals surface area contributed by atoms with E-state index < -0.39 is 0 Å². The third-order valence-corrected chi connectivity index (χ3v) is 1.68. The van der Waals surface area contributed by atoms with E-state index in [1.807, 2.05) is 0 Å². The van der Waals surface area contributed by atoms with Gasteiger partial charge in [0, 0.05) is 5.38 Å². The quantitative estimate of drug-likeness (QED) is 0.286. The molecule has 0 aliphatic rings. The highest BCUT2D eigenvalue weighted by Crippen LogP contribution is 2.10. The van der Waals surface area contributed by atoms with Gasteiger partial charge in [0.2, 0.25) is 0 Å². The molecule has 11 heavy (non-hydrogen) atoms. The molecular formula is C5H5N3O2S. The monoisotopic (exact) mass is 171 g/mol. The fraction of sp³-hybridized carbons (Fsp3) is 0. The first-order valence-corrected chi connectivity index (χ1v) is 3.54. The number of anilines is 1. The second-order valence-electron chi connectivity index (χ2n) is 1.67. The Morgan fingerprint density at radius 2 is 2.64 bits per heavy atom. The van der Waals surface area contributed by atoms with Crippen molar-refractivity contribution in [2.24, 2.45) is 5.16 Å². The summed E-state index contributed by atoms with van der Waals surface area (Å²) in [5.41, 5.74) is 5.46. The summed E-state index contributed by atoms with van der Waals surface area (Å²) in [4.78, 5) is 13.9. The van der Waals surface area contributed by atoms with Gasteiger partial charge in [-0.1, -0.05) is 5.16 Å². The first-order valence-electron chi connectivity index (χ1n) is 2.66. The predicted octanol–water partition coefficient (Wildman–Crippen LogP) is 0.103. The van der Waals surface area contributed by atoms with Crippen LogP contribution in [0.1, 0.15) is 5.69 Å². The van der Waals surface area contributed by atoms with Crippen LogP contribution in [0, 0.1) is 0 Å². The molecule has 5 nitrogen and oxygen atoms in total. The topological polar surface area (TPSA) is 88.6 Å². The minimum Gasteiger partial charge on any atom is -0.410 e. The Balaban J connectivity index is 3.00. The fourth-order valence-electron chi connectivity index (χ4n) is 0.540. The highest BCUT2D eigenvalue weighted by molar-refractivity contribution is 7.13. The van der Waals surface area contributed by atoms with E-state index in [0.29, 0.717) is 17.1 Å². The number of rotatable bonds is 2. The maximum atomic E-state index is 10.2. The van der Waals surface area contributed by atoms with Crippen molar-refractivity contribution in [1.29, 1.82) is 0 Å².